The number of allylic oxidation sites excluding steroid dienone is 5. The molecule has 0 aliphatic carbocycles. The van der Waals surface area contributed by atoms with Crippen molar-refractivity contribution in [3.05, 3.63) is 58.7 Å². The second-order valence-corrected chi connectivity index (χ2v) is 15.0. The molecule has 48 heavy (non-hydrogen) atoms. The number of aliphatic hydroxyl groups is 1. The van der Waals surface area contributed by atoms with Gasteiger partial charge in [-0.15, -0.1) is 0 Å². The van der Waals surface area contributed by atoms with E-state index in [-0.39, 0.29) is 54.2 Å². The summed E-state index contributed by atoms with van der Waals surface area (Å²) >= 11 is 0. The molecule has 2 bridgehead atoms. The summed E-state index contributed by atoms with van der Waals surface area (Å²) in [6.07, 6.45) is 12.6. The van der Waals surface area contributed by atoms with Crippen LogP contribution in [0.1, 0.15) is 114 Å². The van der Waals surface area contributed by atoms with E-state index in [0.29, 0.717) is 48.3 Å². The van der Waals surface area contributed by atoms with Gasteiger partial charge in [-0.3, -0.25) is 0 Å². The van der Waals surface area contributed by atoms with E-state index in [2.05, 4.69) is 39.8 Å². The molecule has 1 aromatic carbocycles. The fraction of sp³-hybridized carbons (Fsp3) is 0.675. The molecule has 4 heterocycles. The third-order valence-electron chi connectivity index (χ3n) is 11.4. The Balaban J connectivity index is 1.54. The van der Waals surface area contributed by atoms with Gasteiger partial charge in [-0.05, 0) is 100.0 Å². The number of hydrogen-bond acceptors (Lipinski definition) is 8. The number of rotatable bonds is 4. The zero-order chi connectivity index (χ0) is 34.7. The molecule has 0 radical (unpaired) electrons. The Hall–Kier alpha value is -2.49. The number of aliphatic hydroxyl groups excluding tert-OH is 1. The molecule has 4 aliphatic heterocycles. The van der Waals surface area contributed by atoms with Crippen molar-refractivity contribution in [1.29, 1.82) is 0 Å². The van der Waals surface area contributed by atoms with Gasteiger partial charge in [0.15, 0.2) is 5.79 Å². The summed E-state index contributed by atoms with van der Waals surface area (Å²) in [4.78, 5) is 13.9. The highest BCUT2D eigenvalue weighted by Gasteiger charge is 2.48. The van der Waals surface area contributed by atoms with Crippen molar-refractivity contribution in [2.45, 2.75) is 148 Å². The van der Waals surface area contributed by atoms with E-state index >= 15 is 0 Å². The van der Waals surface area contributed by atoms with Crippen molar-refractivity contribution in [3.63, 3.8) is 0 Å². The Labute approximate surface area is 287 Å². The summed E-state index contributed by atoms with van der Waals surface area (Å²) < 4.78 is 32.1. The number of methoxy groups -OCH3 is 1. The van der Waals surface area contributed by atoms with E-state index < -0.39 is 17.9 Å². The van der Waals surface area contributed by atoms with Gasteiger partial charge in [-0.1, -0.05) is 50.6 Å². The van der Waals surface area contributed by atoms with Gasteiger partial charge in [-0.25, -0.2) is 4.79 Å². The number of fused-ring (bicyclic) bond motifs is 3. The summed E-state index contributed by atoms with van der Waals surface area (Å²) in [7, 11) is 1.69. The van der Waals surface area contributed by atoms with E-state index in [1.165, 1.54) is 5.57 Å². The van der Waals surface area contributed by atoms with E-state index in [9.17, 15) is 15.0 Å². The van der Waals surface area contributed by atoms with Crippen molar-refractivity contribution in [2.75, 3.05) is 7.11 Å². The predicted molar refractivity (Wildman–Crippen MR) is 187 cm³/mol. The second kappa shape index (κ2) is 15.6. The minimum absolute atomic E-state index is 0.0882. The number of phenolic OH excluding ortho intramolecular Hbond substituents is 1. The summed E-state index contributed by atoms with van der Waals surface area (Å²) in [6.45, 7) is 14.5. The minimum atomic E-state index is -0.800. The first kappa shape index (κ1) is 36.8. The van der Waals surface area contributed by atoms with Crippen LogP contribution in [0, 0.1) is 24.7 Å². The summed E-state index contributed by atoms with van der Waals surface area (Å²) in [5.41, 5.74) is 3.81. The van der Waals surface area contributed by atoms with Crippen LogP contribution in [-0.4, -0.2) is 71.8 Å². The van der Waals surface area contributed by atoms with E-state index in [1.54, 1.807) is 26.2 Å². The molecular weight excluding hydrogens is 608 g/mol. The Kier molecular flexibility index (Phi) is 11.9. The third-order valence-corrected chi connectivity index (χ3v) is 11.4. The van der Waals surface area contributed by atoms with Gasteiger partial charge in [-0.2, -0.15) is 0 Å². The van der Waals surface area contributed by atoms with Gasteiger partial charge in [0.25, 0.3) is 0 Å². The fourth-order valence-corrected chi connectivity index (χ4v) is 8.20. The van der Waals surface area contributed by atoms with Gasteiger partial charge in [0.2, 0.25) is 0 Å². The van der Waals surface area contributed by atoms with Crippen molar-refractivity contribution in [1.82, 2.24) is 0 Å². The molecule has 3 unspecified atom stereocenters. The molecule has 0 aromatic heterocycles. The number of ether oxygens (including phenoxy) is 5. The molecule has 3 fully saturated rings. The average Bonchev–Trinajstić information content (AvgIpc) is 3.05. The largest absolute Gasteiger partial charge is 0.508 e. The van der Waals surface area contributed by atoms with Crippen LogP contribution < -0.4 is 0 Å². The molecule has 2 N–H and O–H groups in total. The highest BCUT2D eigenvalue weighted by Crippen LogP contribution is 2.44. The number of carbonyl (C=O) groups excluding carboxylic acids is 1. The van der Waals surface area contributed by atoms with E-state index in [1.807, 2.05) is 26.0 Å². The standard InChI is InChI=1S/C40H58O8/c1-9-36-26(5)15-16-40(48-36)22-30-18-29(47-40)14-13-25(4)31(20-38-37(44-8)21-35(42)28(7)45-38)23(2)11-10-12-24(3)32-19-34(41)27(6)17-33(32)39(43)46-30/h10-13,17,19,23,26,28-31,35-38,41-42H,9,14-16,18,20-22H2,1-8H3/b11-10-,24-12-,25-13-/t23-,26+,28-,29+,30?,31-,35?,36-,37+,38?,40+/m1/s1. The summed E-state index contributed by atoms with van der Waals surface area (Å²) in [5.74, 6) is -0.319. The van der Waals surface area contributed by atoms with Crippen LogP contribution in [0.25, 0.3) is 5.57 Å². The molecule has 1 aromatic rings. The third kappa shape index (κ3) is 8.27. The van der Waals surface area contributed by atoms with Crippen LogP contribution in [-0.2, 0) is 23.7 Å². The number of aryl methyl sites for hydroxylation is 1. The van der Waals surface area contributed by atoms with Crippen molar-refractivity contribution < 1.29 is 38.7 Å². The van der Waals surface area contributed by atoms with E-state index in [4.69, 9.17) is 23.7 Å². The molecule has 4 aliphatic rings. The van der Waals surface area contributed by atoms with Crippen molar-refractivity contribution in [3.8, 4) is 5.75 Å². The van der Waals surface area contributed by atoms with Crippen LogP contribution in [0.5, 0.6) is 5.75 Å². The summed E-state index contributed by atoms with van der Waals surface area (Å²) in [5, 5.41) is 21.1. The number of phenols is 1. The molecule has 0 saturated carbocycles. The predicted octanol–water partition coefficient (Wildman–Crippen LogP) is 7.83. The van der Waals surface area contributed by atoms with Gasteiger partial charge < -0.3 is 33.9 Å². The monoisotopic (exact) mass is 666 g/mol. The average molecular weight is 667 g/mol. The first-order valence-corrected chi connectivity index (χ1v) is 18.1. The second-order valence-electron chi connectivity index (χ2n) is 15.0. The van der Waals surface area contributed by atoms with Gasteiger partial charge >= 0.3 is 5.97 Å². The lowest BCUT2D eigenvalue weighted by Gasteiger charge is -2.49. The molecular formula is C40H58O8. The number of hydrogen-bond donors (Lipinski definition) is 2. The molecule has 8 heteroatoms. The molecule has 5 rings (SSSR count). The maximum atomic E-state index is 13.9. The SMILES string of the molecule is CC[C@H]1O[C@@]2(CC[C@@H]1C)CC1C[C@H](C/C=C(/C)[C@H](CC3O[C@H](C)C(O)C[C@@H]3OC)[C@H](C)/C=C\C=C(\C)c3cc(O)c(C)cc3C(=O)O1)O2. The molecule has 266 valence electrons. The summed E-state index contributed by atoms with van der Waals surface area (Å²) in [6, 6.07) is 3.40. The van der Waals surface area contributed by atoms with Crippen molar-refractivity contribution in [2.24, 2.45) is 17.8 Å². The number of benzene rings is 1. The van der Waals surface area contributed by atoms with Gasteiger partial charge in [0.05, 0.1) is 42.2 Å². The Morgan fingerprint density at radius 1 is 1.02 bits per heavy atom. The lowest BCUT2D eigenvalue weighted by atomic mass is 9.80. The lowest BCUT2D eigenvalue weighted by molar-refractivity contribution is -0.334. The van der Waals surface area contributed by atoms with E-state index in [0.717, 1.165) is 31.3 Å². The van der Waals surface area contributed by atoms with Crippen LogP contribution in [0.3, 0.4) is 0 Å². The lowest BCUT2D eigenvalue weighted by Crippen LogP contribution is -2.54. The van der Waals surface area contributed by atoms with Crippen LogP contribution in [0.15, 0.2) is 42.0 Å². The maximum Gasteiger partial charge on any atom is 0.339 e. The van der Waals surface area contributed by atoms with Gasteiger partial charge in [0, 0.05) is 32.8 Å². The Morgan fingerprint density at radius 3 is 2.52 bits per heavy atom. The first-order valence-electron chi connectivity index (χ1n) is 18.1. The number of carbonyl (C=O) groups is 1. The molecule has 0 amide bonds. The quantitative estimate of drug-likeness (QED) is 0.248. The smallest absolute Gasteiger partial charge is 0.339 e. The molecule has 8 nitrogen and oxygen atoms in total. The number of esters is 1. The number of aromatic hydroxyl groups is 1. The molecule has 3 saturated heterocycles. The van der Waals surface area contributed by atoms with Crippen molar-refractivity contribution >= 4 is 11.5 Å². The normalized spacial score (nSPS) is 41.0. The van der Waals surface area contributed by atoms with Crippen LogP contribution in [0.4, 0.5) is 0 Å². The zero-order valence-corrected chi connectivity index (χ0v) is 30.2. The Morgan fingerprint density at radius 2 is 1.79 bits per heavy atom. The topological polar surface area (TPSA) is 104 Å². The van der Waals surface area contributed by atoms with Crippen LogP contribution in [0.2, 0.25) is 0 Å². The first-order chi connectivity index (χ1) is 22.8. The molecule has 1 spiro atoms. The highest BCUT2D eigenvalue weighted by molar-refractivity contribution is 5.96. The van der Waals surface area contributed by atoms with Gasteiger partial charge in [0.1, 0.15) is 11.9 Å². The highest BCUT2D eigenvalue weighted by atomic mass is 16.7. The fourth-order valence-electron chi connectivity index (χ4n) is 8.20. The minimum Gasteiger partial charge on any atom is -0.508 e. The Bertz CT molecular complexity index is 1380. The molecule has 11 atom stereocenters. The zero-order valence-electron chi connectivity index (χ0n) is 30.2. The van der Waals surface area contributed by atoms with Crippen LogP contribution >= 0.6 is 0 Å². The maximum absolute atomic E-state index is 13.9.